The molecule has 0 fully saturated rings. The first-order valence-electron chi connectivity index (χ1n) is 14.9. The fraction of sp³-hybridized carbons (Fsp3) is 0.312. The van der Waals surface area contributed by atoms with E-state index in [2.05, 4.69) is 34.9 Å². The first-order valence-corrected chi connectivity index (χ1v) is 15.3. The van der Waals surface area contributed by atoms with Crippen LogP contribution in [0, 0.1) is 13.1 Å². The molecule has 53 heavy (non-hydrogen) atoms. The Kier molecular flexibility index (Phi) is 12.3. The average Bonchev–Trinajstić information content (AvgIpc) is 3.11. The summed E-state index contributed by atoms with van der Waals surface area (Å²) in [4.78, 5) is 24.1. The topological polar surface area (TPSA) is 142 Å². The lowest BCUT2D eigenvalue weighted by molar-refractivity contribution is -0.156. The monoisotopic (exact) mass is 766 g/mol. The van der Waals surface area contributed by atoms with Gasteiger partial charge < -0.3 is 39.8 Å². The van der Waals surface area contributed by atoms with Gasteiger partial charge in [-0.15, -0.1) is 0 Å². The number of hydrogen-bond donors (Lipinski definition) is 2. The number of alkyl halides is 6. The Labute approximate surface area is 303 Å². The zero-order chi connectivity index (χ0) is 39.1. The van der Waals surface area contributed by atoms with Crippen LogP contribution < -0.4 is 39.8 Å². The molecular weight excluding hydrogens is 738 g/mol. The maximum atomic E-state index is 13.1. The summed E-state index contributed by atoms with van der Waals surface area (Å²) in [5, 5.41) is 2.77. The summed E-state index contributed by atoms with van der Waals surface area (Å²) in [6.07, 6.45) is -6.23. The van der Waals surface area contributed by atoms with Gasteiger partial charge in [0, 0.05) is 25.5 Å². The van der Waals surface area contributed by atoms with Gasteiger partial charge in [-0.3, -0.25) is 0 Å². The van der Waals surface area contributed by atoms with Gasteiger partial charge >= 0.3 is 12.4 Å². The Hall–Kier alpha value is -6.15. The lowest BCUT2D eigenvalue weighted by Gasteiger charge is -2.35. The number of benzene rings is 2. The molecule has 3 N–H and O–H groups in total. The van der Waals surface area contributed by atoms with E-state index in [9.17, 15) is 26.3 Å². The lowest BCUT2D eigenvalue weighted by atomic mass is 10.2. The number of nitrogens with two attached hydrogens (primary N) is 1. The number of nitrogens with zero attached hydrogens (tertiary/aromatic N) is 8. The zero-order valence-electron chi connectivity index (χ0n) is 28.1. The van der Waals surface area contributed by atoms with Gasteiger partial charge in [-0.05, 0) is 35.9 Å². The van der Waals surface area contributed by atoms with Gasteiger partial charge in [-0.1, -0.05) is 12.1 Å². The molecule has 0 saturated carbocycles. The number of rotatable bonds is 4. The quantitative estimate of drug-likeness (QED) is 0.0935. The van der Waals surface area contributed by atoms with E-state index >= 15 is 0 Å². The predicted molar refractivity (Wildman–Crippen MR) is 183 cm³/mol. The summed E-state index contributed by atoms with van der Waals surface area (Å²) < 4.78 is 97.1. The van der Waals surface area contributed by atoms with E-state index in [1.807, 2.05) is 0 Å². The molecule has 0 amide bonds. The van der Waals surface area contributed by atoms with Crippen LogP contribution in [0.2, 0.25) is 5.28 Å². The minimum absolute atomic E-state index is 0.0424. The molecule has 2 atom stereocenters. The van der Waals surface area contributed by atoms with Crippen molar-refractivity contribution in [2.45, 2.75) is 24.4 Å². The van der Waals surface area contributed by atoms with Gasteiger partial charge in [0.25, 0.3) is 0 Å². The SMILES string of the molecule is CN1c2nc(Cl)ncc2OCC1C(F)(F)F.[C-]#[N+]c1ccc(N)cc1OC.[C-]#[N+]c1ccc(Nc2ncc3c(n2)N(C)C(C(F)(F)F)CO3)cc1OC. The lowest BCUT2D eigenvalue weighted by Crippen LogP contribution is -2.50. The Morgan fingerprint density at radius 2 is 1.30 bits per heavy atom. The fourth-order valence-corrected chi connectivity index (χ4v) is 4.85. The Balaban J connectivity index is 0.000000197. The molecule has 280 valence electrons. The van der Waals surface area contributed by atoms with Crippen LogP contribution in [-0.2, 0) is 0 Å². The largest absolute Gasteiger partial charge is 0.508 e. The number of fused-ring (bicyclic) bond motifs is 2. The standard InChI is InChI=1S/C16H14F3N5O2.C8H7ClF3N3O.C8H8N2O/c1-20-10-5-4-9(6-11(10)25-3)22-15-21-7-12-14(23-15)24(2)13(8-26-12)16(17,18)19;1-15-5(8(10,11)12)3-16-4-2-13-7(9)14-6(4)15;1-10-7-4-3-6(9)5-8(7)11-2/h4-7,13H,8H2,2-3H3,(H,21,22,23);2,5H,3H2,1H3;3-5H,9H2,2H3. The Morgan fingerprint density at radius 3 is 1.81 bits per heavy atom. The van der Waals surface area contributed by atoms with Gasteiger partial charge in [0.05, 0.1) is 39.8 Å². The van der Waals surface area contributed by atoms with Crippen molar-refractivity contribution in [3.8, 4) is 23.0 Å². The first-order chi connectivity index (χ1) is 25.0. The van der Waals surface area contributed by atoms with Crippen LogP contribution >= 0.6 is 11.6 Å². The normalized spacial score (nSPS) is 15.9. The Bertz CT molecular complexity index is 2010. The molecule has 2 unspecified atom stereocenters. The number of hydrogen-bond acceptors (Lipinski definition) is 12. The second-order valence-corrected chi connectivity index (χ2v) is 11.2. The molecule has 0 spiro atoms. The van der Waals surface area contributed by atoms with Crippen LogP contribution in [0.3, 0.4) is 0 Å². The van der Waals surface area contributed by atoms with E-state index in [1.54, 1.807) is 36.4 Å². The highest BCUT2D eigenvalue weighted by molar-refractivity contribution is 6.28. The third-order valence-electron chi connectivity index (χ3n) is 7.48. The van der Waals surface area contributed by atoms with Crippen molar-refractivity contribution in [3.63, 3.8) is 0 Å². The van der Waals surface area contributed by atoms with Gasteiger partial charge in [0.1, 0.15) is 24.7 Å². The first kappa shape index (κ1) is 39.6. The molecule has 2 aliphatic rings. The van der Waals surface area contributed by atoms with Crippen molar-refractivity contribution in [1.82, 2.24) is 19.9 Å². The van der Waals surface area contributed by atoms with Crippen LogP contribution in [0.4, 0.5) is 66.7 Å². The number of likely N-dealkylation sites (N-methyl/N-ethyl adjacent to an activating group) is 2. The van der Waals surface area contributed by atoms with E-state index < -0.39 is 37.7 Å². The average molecular weight is 767 g/mol. The van der Waals surface area contributed by atoms with Gasteiger partial charge in [-0.25, -0.2) is 19.7 Å². The molecule has 0 saturated heterocycles. The third kappa shape index (κ3) is 9.60. The summed E-state index contributed by atoms with van der Waals surface area (Å²) >= 11 is 5.52. The van der Waals surface area contributed by atoms with Crippen molar-refractivity contribution in [2.24, 2.45) is 0 Å². The molecule has 0 aliphatic carbocycles. The number of nitrogen functional groups attached to an aromatic ring is 1. The Morgan fingerprint density at radius 1 is 0.811 bits per heavy atom. The van der Waals surface area contributed by atoms with Gasteiger partial charge in [-0.2, -0.15) is 36.3 Å². The second kappa shape index (κ2) is 16.5. The third-order valence-corrected chi connectivity index (χ3v) is 7.66. The molecule has 14 nitrogen and oxygen atoms in total. The summed E-state index contributed by atoms with van der Waals surface area (Å²) in [5.41, 5.74) is 7.44. The van der Waals surface area contributed by atoms with Gasteiger partial charge in [0.15, 0.2) is 35.2 Å². The molecular formula is C32H29ClF6N10O4. The summed E-state index contributed by atoms with van der Waals surface area (Å²) in [7, 11) is 5.56. The molecule has 0 bridgehead atoms. The van der Waals surface area contributed by atoms with Crippen molar-refractivity contribution in [3.05, 3.63) is 76.9 Å². The van der Waals surface area contributed by atoms with E-state index in [-0.39, 0.29) is 34.4 Å². The maximum absolute atomic E-state index is 13.1. The van der Waals surface area contributed by atoms with Crippen molar-refractivity contribution >= 4 is 51.9 Å². The number of ether oxygens (including phenoxy) is 4. The van der Waals surface area contributed by atoms with Crippen LogP contribution in [0.1, 0.15) is 0 Å². The highest BCUT2D eigenvalue weighted by Gasteiger charge is 2.47. The number of nitrogens with one attached hydrogen (secondary N) is 1. The zero-order valence-corrected chi connectivity index (χ0v) is 28.9. The molecule has 2 aliphatic heterocycles. The molecule has 0 radical (unpaired) electrons. The highest BCUT2D eigenvalue weighted by atomic mass is 35.5. The predicted octanol–water partition coefficient (Wildman–Crippen LogP) is 7.26. The van der Waals surface area contributed by atoms with E-state index in [0.717, 1.165) is 9.80 Å². The molecule has 4 aromatic rings. The van der Waals surface area contributed by atoms with Crippen LogP contribution in [-0.4, -0.2) is 85.9 Å². The fourth-order valence-electron chi connectivity index (χ4n) is 4.72. The van der Waals surface area contributed by atoms with E-state index in [0.29, 0.717) is 34.2 Å². The van der Waals surface area contributed by atoms with Crippen LogP contribution in [0.5, 0.6) is 23.0 Å². The second-order valence-electron chi connectivity index (χ2n) is 10.8. The smallest absolute Gasteiger partial charge is 0.412 e. The van der Waals surface area contributed by atoms with E-state index in [1.165, 1.54) is 40.7 Å². The number of anilines is 5. The number of methoxy groups -OCH3 is 2. The van der Waals surface area contributed by atoms with Crippen molar-refractivity contribution < 1.29 is 45.3 Å². The van der Waals surface area contributed by atoms with Crippen molar-refractivity contribution in [2.75, 3.05) is 62.4 Å². The van der Waals surface area contributed by atoms with Crippen molar-refractivity contribution in [1.29, 1.82) is 0 Å². The number of aromatic nitrogens is 4. The molecule has 4 heterocycles. The minimum Gasteiger partial charge on any atom is -0.508 e. The van der Waals surface area contributed by atoms with Crippen LogP contribution in [0.25, 0.3) is 9.69 Å². The van der Waals surface area contributed by atoms with Crippen LogP contribution in [0.15, 0.2) is 48.8 Å². The molecule has 6 rings (SSSR count). The maximum Gasteiger partial charge on any atom is 0.412 e. The van der Waals surface area contributed by atoms with E-state index in [4.69, 9.17) is 49.4 Å². The summed E-state index contributed by atoms with van der Waals surface area (Å²) in [6, 6.07) is 6.21. The minimum atomic E-state index is -4.44. The highest BCUT2D eigenvalue weighted by Crippen LogP contribution is 2.39. The summed E-state index contributed by atoms with van der Waals surface area (Å²) in [5.74, 6) is 1.46. The molecule has 2 aromatic heterocycles. The molecule has 21 heteroatoms. The van der Waals surface area contributed by atoms with Gasteiger partial charge in [0.2, 0.25) is 22.6 Å². The molecule has 2 aromatic carbocycles. The number of halogens is 7. The summed E-state index contributed by atoms with van der Waals surface area (Å²) in [6.45, 7) is 12.8.